The molecular weight excluding hydrogens is 161 g/mol. The van der Waals surface area contributed by atoms with Gasteiger partial charge < -0.3 is 4.81 Å². The maximum absolute atomic E-state index is 4.36. The van der Waals surface area contributed by atoms with E-state index in [2.05, 4.69) is 35.7 Å². The fourth-order valence-electron chi connectivity index (χ4n) is 1.89. The number of rotatable bonds is 1. The molecule has 1 fully saturated rings. The van der Waals surface area contributed by atoms with Crippen molar-refractivity contribution in [3.05, 3.63) is 18.0 Å². The second-order valence-corrected chi connectivity index (χ2v) is 4.03. The Balaban J connectivity index is 2.02. The first-order chi connectivity index (χ1) is 6.25. The van der Waals surface area contributed by atoms with Crippen LogP contribution in [0.15, 0.2) is 12.4 Å². The van der Waals surface area contributed by atoms with E-state index in [0.29, 0.717) is 6.04 Å². The van der Waals surface area contributed by atoms with Crippen LogP contribution in [0.2, 0.25) is 0 Å². The zero-order chi connectivity index (χ0) is 9.26. The Labute approximate surface area is 80.2 Å². The van der Waals surface area contributed by atoms with E-state index in [4.69, 9.17) is 0 Å². The highest BCUT2D eigenvalue weighted by Crippen LogP contribution is 2.20. The predicted octanol–water partition coefficient (Wildman–Crippen LogP) is 0.377. The van der Waals surface area contributed by atoms with Crippen molar-refractivity contribution in [3.8, 4) is 0 Å². The van der Waals surface area contributed by atoms with Crippen LogP contribution in [0.4, 0.5) is 0 Å². The van der Waals surface area contributed by atoms with E-state index in [0.717, 1.165) is 0 Å². The largest absolute Gasteiger partial charge is 0.349 e. The van der Waals surface area contributed by atoms with Crippen LogP contribution in [-0.2, 0) is 0 Å². The molecule has 0 bridgehead atoms. The van der Waals surface area contributed by atoms with Crippen molar-refractivity contribution >= 4 is 7.98 Å². The second kappa shape index (κ2) is 3.54. The van der Waals surface area contributed by atoms with E-state index >= 15 is 0 Å². The SMILES string of the molecule is BN1CCC(n2cc(C)cn2)CC1. The van der Waals surface area contributed by atoms with E-state index in [-0.39, 0.29) is 0 Å². The Morgan fingerprint density at radius 1 is 1.46 bits per heavy atom. The zero-order valence-corrected chi connectivity index (χ0v) is 8.40. The highest BCUT2D eigenvalue weighted by atomic mass is 15.3. The van der Waals surface area contributed by atoms with Gasteiger partial charge >= 0.3 is 0 Å². The molecule has 3 nitrogen and oxygen atoms in total. The van der Waals surface area contributed by atoms with Gasteiger partial charge in [-0.05, 0) is 38.4 Å². The molecule has 13 heavy (non-hydrogen) atoms. The van der Waals surface area contributed by atoms with Gasteiger partial charge in [-0.1, -0.05) is 0 Å². The first kappa shape index (κ1) is 8.82. The Hall–Kier alpha value is -0.765. The molecule has 1 aromatic heterocycles. The minimum Gasteiger partial charge on any atom is -0.349 e. The molecule has 1 aromatic rings. The van der Waals surface area contributed by atoms with Gasteiger partial charge in [-0.25, -0.2) is 0 Å². The van der Waals surface area contributed by atoms with E-state index < -0.39 is 0 Å². The summed E-state index contributed by atoms with van der Waals surface area (Å²) >= 11 is 0. The first-order valence-electron chi connectivity index (χ1n) is 4.95. The average Bonchev–Trinajstić information content (AvgIpc) is 2.53. The molecule has 1 saturated heterocycles. The van der Waals surface area contributed by atoms with Crippen molar-refractivity contribution in [2.45, 2.75) is 25.8 Å². The van der Waals surface area contributed by atoms with Crippen molar-refractivity contribution in [1.29, 1.82) is 0 Å². The Bertz CT molecular complexity index is 276. The summed E-state index contributed by atoms with van der Waals surface area (Å²) in [6.07, 6.45) is 6.56. The molecule has 0 atom stereocenters. The molecule has 1 aliphatic heterocycles. The second-order valence-electron chi connectivity index (χ2n) is 4.03. The lowest BCUT2D eigenvalue weighted by atomic mass is 10.0. The quantitative estimate of drug-likeness (QED) is 0.578. The van der Waals surface area contributed by atoms with Crippen molar-refractivity contribution in [2.24, 2.45) is 0 Å². The van der Waals surface area contributed by atoms with Crippen LogP contribution in [-0.4, -0.2) is 35.7 Å². The van der Waals surface area contributed by atoms with Crippen molar-refractivity contribution in [3.63, 3.8) is 0 Å². The van der Waals surface area contributed by atoms with E-state index in [9.17, 15) is 0 Å². The van der Waals surface area contributed by atoms with Gasteiger partial charge in [0.15, 0.2) is 7.98 Å². The molecule has 0 aliphatic carbocycles. The summed E-state index contributed by atoms with van der Waals surface area (Å²) in [5, 5.41) is 4.36. The number of aromatic nitrogens is 2. The molecule has 0 unspecified atom stereocenters. The van der Waals surface area contributed by atoms with E-state index in [1.807, 2.05) is 6.20 Å². The maximum atomic E-state index is 4.36. The van der Waals surface area contributed by atoms with Crippen LogP contribution in [0.5, 0.6) is 0 Å². The van der Waals surface area contributed by atoms with Gasteiger partial charge in [0.05, 0.1) is 12.2 Å². The Morgan fingerprint density at radius 2 is 2.15 bits per heavy atom. The minimum absolute atomic E-state index is 0.630. The summed E-state index contributed by atoms with van der Waals surface area (Å²) in [4.78, 5) is 2.38. The lowest BCUT2D eigenvalue weighted by Crippen LogP contribution is -2.32. The number of aryl methyl sites for hydroxylation is 1. The normalized spacial score (nSPS) is 20.7. The highest BCUT2D eigenvalue weighted by Gasteiger charge is 2.17. The Kier molecular flexibility index (Phi) is 2.40. The van der Waals surface area contributed by atoms with E-state index in [1.54, 1.807) is 0 Å². The third-order valence-electron chi connectivity index (χ3n) is 2.79. The fourth-order valence-corrected chi connectivity index (χ4v) is 1.89. The van der Waals surface area contributed by atoms with Gasteiger partial charge in [-0.3, -0.25) is 4.68 Å². The molecule has 4 heteroatoms. The lowest BCUT2D eigenvalue weighted by Gasteiger charge is -2.29. The number of hydrogen-bond donors (Lipinski definition) is 0. The third kappa shape index (κ3) is 1.94. The van der Waals surface area contributed by atoms with Gasteiger partial charge in [-0.15, -0.1) is 0 Å². The molecule has 2 rings (SSSR count). The average molecular weight is 177 g/mol. The van der Waals surface area contributed by atoms with Crippen LogP contribution < -0.4 is 0 Å². The van der Waals surface area contributed by atoms with Gasteiger partial charge in [0.2, 0.25) is 0 Å². The molecule has 2 heterocycles. The zero-order valence-electron chi connectivity index (χ0n) is 8.40. The van der Waals surface area contributed by atoms with Gasteiger partial charge in [0.25, 0.3) is 0 Å². The van der Waals surface area contributed by atoms with Crippen molar-refractivity contribution in [1.82, 2.24) is 14.6 Å². The van der Waals surface area contributed by atoms with Gasteiger partial charge in [0, 0.05) is 6.20 Å². The van der Waals surface area contributed by atoms with Gasteiger partial charge in [-0.2, -0.15) is 5.10 Å². The van der Waals surface area contributed by atoms with E-state index in [1.165, 1.54) is 31.5 Å². The molecule has 0 radical (unpaired) electrons. The minimum atomic E-state index is 0.630. The lowest BCUT2D eigenvalue weighted by molar-refractivity contribution is 0.268. The van der Waals surface area contributed by atoms with Crippen molar-refractivity contribution in [2.75, 3.05) is 13.1 Å². The molecule has 1 aliphatic rings. The number of nitrogens with zero attached hydrogens (tertiary/aromatic N) is 3. The number of hydrogen-bond acceptors (Lipinski definition) is 2. The molecule has 0 aromatic carbocycles. The monoisotopic (exact) mass is 177 g/mol. The summed E-state index contributed by atoms with van der Waals surface area (Å²) in [6.45, 7) is 4.49. The summed E-state index contributed by atoms with van der Waals surface area (Å²) in [5.41, 5.74) is 1.26. The highest BCUT2D eigenvalue weighted by molar-refractivity contribution is 6.04. The third-order valence-corrected chi connectivity index (χ3v) is 2.79. The molecule has 0 N–H and O–H groups in total. The van der Waals surface area contributed by atoms with Crippen LogP contribution in [0, 0.1) is 6.92 Å². The standard InChI is InChI=1S/C9H16BN3/c1-8-6-11-13(7-8)9-2-4-12(10)5-3-9/h6-7,9H,2-5,10H2,1H3. The van der Waals surface area contributed by atoms with Crippen LogP contribution >= 0.6 is 0 Å². The van der Waals surface area contributed by atoms with Crippen LogP contribution in [0.3, 0.4) is 0 Å². The maximum Gasteiger partial charge on any atom is 0.185 e. The molecule has 0 amide bonds. The topological polar surface area (TPSA) is 21.1 Å². The first-order valence-corrected chi connectivity index (χ1v) is 4.95. The molecule has 0 spiro atoms. The number of piperidine rings is 1. The summed E-state index contributed by atoms with van der Waals surface area (Å²) in [5.74, 6) is 0. The van der Waals surface area contributed by atoms with Crippen LogP contribution in [0.1, 0.15) is 24.4 Å². The van der Waals surface area contributed by atoms with Crippen LogP contribution in [0.25, 0.3) is 0 Å². The van der Waals surface area contributed by atoms with Gasteiger partial charge in [0.1, 0.15) is 0 Å². The molecule has 70 valence electrons. The Morgan fingerprint density at radius 3 is 2.69 bits per heavy atom. The fraction of sp³-hybridized carbons (Fsp3) is 0.667. The predicted molar refractivity (Wildman–Crippen MR) is 55.4 cm³/mol. The summed E-state index contributed by atoms with van der Waals surface area (Å²) in [7, 11) is 2.19. The molecular formula is C9H16BN3. The molecule has 0 saturated carbocycles. The summed E-state index contributed by atoms with van der Waals surface area (Å²) in [6, 6.07) is 0.630. The van der Waals surface area contributed by atoms with Crippen molar-refractivity contribution < 1.29 is 0 Å². The summed E-state index contributed by atoms with van der Waals surface area (Å²) < 4.78 is 2.13. The smallest absolute Gasteiger partial charge is 0.185 e.